The van der Waals surface area contributed by atoms with Gasteiger partial charge in [0, 0.05) is 23.6 Å². The van der Waals surface area contributed by atoms with Gasteiger partial charge in [-0.05, 0) is 36.0 Å². The van der Waals surface area contributed by atoms with Crippen molar-refractivity contribution in [1.82, 2.24) is 21.2 Å². The van der Waals surface area contributed by atoms with Crippen LogP contribution in [0.3, 0.4) is 0 Å². The minimum absolute atomic E-state index is 0.242. The van der Waals surface area contributed by atoms with Gasteiger partial charge < -0.3 is 19.8 Å². The van der Waals surface area contributed by atoms with Crippen LogP contribution >= 0.6 is 12.2 Å². The van der Waals surface area contributed by atoms with Crippen LogP contribution in [-0.4, -0.2) is 22.8 Å². The van der Waals surface area contributed by atoms with Gasteiger partial charge in [0.15, 0.2) is 16.6 Å². The number of nitrogens with one attached hydrogen (secondary N) is 4. The van der Waals surface area contributed by atoms with Gasteiger partial charge in [-0.3, -0.25) is 15.6 Å². The Hall–Kier alpha value is -3.26. The summed E-state index contributed by atoms with van der Waals surface area (Å²) in [4.78, 5) is 15.4. The van der Waals surface area contributed by atoms with E-state index in [-0.39, 0.29) is 12.7 Å². The number of H-pyrrole nitrogens is 1. The Morgan fingerprint density at radius 1 is 1.12 bits per heavy atom. The first-order valence-corrected chi connectivity index (χ1v) is 8.40. The third-order valence-electron chi connectivity index (χ3n) is 4.01. The number of aromatic nitrogens is 1. The molecule has 1 aliphatic rings. The smallest absolute Gasteiger partial charge is 0.271 e. The van der Waals surface area contributed by atoms with Crippen molar-refractivity contribution in [2.75, 3.05) is 6.79 Å². The van der Waals surface area contributed by atoms with E-state index >= 15 is 0 Å². The van der Waals surface area contributed by atoms with Gasteiger partial charge in [0.1, 0.15) is 0 Å². The molecule has 8 heteroatoms. The molecule has 0 unspecified atom stereocenters. The van der Waals surface area contributed by atoms with Crippen LogP contribution in [0.2, 0.25) is 0 Å². The quantitative estimate of drug-likeness (QED) is 0.419. The standard InChI is InChI=1S/C18H16N4O3S/c23-17(13-9-19-14-4-2-1-3-12(13)14)21-22-18(26)20-8-11-5-6-15-16(7-11)25-10-24-15/h1-7,9,19H,8,10H2,(H,21,23)(H2,20,22,26). The van der Waals surface area contributed by atoms with Crippen LogP contribution in [0, 0.1) is 0 Å². The molecule has 1 aromatic heterocycles. The number of fused-ring (bicyclic) bond motifs is 2. The Morgan fingerprint density at radius 2 is 1.96 bits per heavy atom. The predicted octanol–water partition coefficient (Wildman–Crippen LogP) is 2.21. The van der Waals surface area contributed by atoms with Crippen molar-refractivity contribution in [2.45, 2.75) is 6.54 Å². The van der Waals surface area contributed by atoms with E-state index in [1.165, 1.54) is 0 Å². The van der Waals surface area contributed by atoms with Gasteiger partial charge in [-0.1, -0.05) is 24.3 Å². The maximum atomic E-state index is 12.3. The van der Waals surface area contributed by atoms with Gasteiger partial charge in [-0.25, -0.2) is 0 Å². The Morgan fingerprint density at radius 3 is 2.88 bits per heavy atom. The van der Waals surface area contributed by atoms with Crippen LogP contribution in [-0.2, 0) is 6.54 Å². The summed E-state index contributed by atoms with van der Waals surface area (Å²) in [6.07, 6.45) is 1.67. The highest BCUT2D eigenvalue weighted by Gasteiger charge is 2.14. The Labute approximate surface area is 154 Å². The molecule has 2 aromatic carbocycles. The summed E-state index contributed by atoms with van der Waals surface area (Å²) in [6, 6.07) is 13.3. The van der Waals surface area contributed by atoms with E-state index in [1.807, 2.05) is 42.5 Å². The first kappa shape index (κ1) is 16.2. The number of amides is 1. The van der Waals surface area contributed by atoms with Crippen molar-refractivity contribution in [3.8, 4) is 11.5 Å². The minimum atomic E-state index is -0.269. The molecule has 3 aromatic rings. The molecule has 0 aliphatic carbocycles. The lowest BCUT2D eigenvalue weighted by Crippen LogP contribution is -2.46. The van der Waals surface area contributed by atoms with Gasteiger partial charge in [-0.15, -0.1) is 0 Å². The van der Waals surface area contributed by atoms with E-state index in [4.69, 9.17) is 21.7 Å². The number of ether oxygens (including phenoxy) is 2. The molecule has 7 nitrogen and oxygen atoms in total. The number of hydrogen-bond acceptors (Lipinski definition) is 4. The number of carbonyl (C=O) groups is 1. The summed E-state index contributed by atoms with van der Waals surface area (Å²) in [5, 5.41) is 4.20. The maximum Gasteiger partial charge on any atom is 0.271 e. The first-order chi connectivity index (χ1) is 12.7. The molecular formula is C18H16N4O3S. The average Bonchev–Trinajstić information content (AvgIpc) is 3.30. The predicted molar refractivity (Wildman–Crippen MR) is 101 cm³/mol. The van der Waals surface area contributed by atoms with Crippen molar-refractivity contribution < 1.29 is 14.3 Å². The number of thiocarbonyl (C=S) groups is 1. The number of hydrogen-bond donors (Lipinski definition) is 4. The molecule has 0 saturated carbocycles. The summed E-state index contributed by atoms with van der Waals surface area (Å²) in [5.74, 6) is 1.19. The van der Waals surface area contributed by atoms with Crippen molar-refractivity contribution in [2.24, 2.45) is 0 Å². The largest absolute Gasteiger partial charge is 0.454 e. The molecule has 1 amide bonds. The van der Waals surface area contributed by atoms with Crippen LogP contribution in [0.4, 0.5) is 0 Å². The van der Waals surface area contributed by atoms with Crippen LogP contribution in [0.25, 0.3) is 10.9 Å². The maximum absolute atomic E-state index is 12.3. The van der Waals surface area contributed by atoms with Gasteiger partial charge >= 0.3 is 0 Å². The summed E-state index contributed by atoms with van der Waals surface area (Å²) in [7, 11) is 0. The van der Waals surface area contributed by atoms with E-state index in [1.54, 1.807) is 6.20 Å². The van der Waals surface area contributed by atoms with E-state index in [2.05, 4.69) is 21.2 Å². The van der Waals surface area contributed by atoms with E-state index in [0.29, 0.717) is 17.2 Å². The van der Waals surface area contributed by atoms with Crippen LogP contribution in [0.1, 0.15) is 15.9 Å². The minimum Gasteiger partial charge on any atom is -0.454 e. The summed E-state index contributed by atoms with van der Waals surface area (Å²) in [6.45, 7) is 0.734. The molecule has 0 fully saturated rings. The summed E-state index contributed by atoms with van der Waals surface area (Å²) in [5.41, 5.74) is 7.75. The van der Waals surface area contributed by atoms with Crippen molar-refractivity contribution in [3.05, 3.63) is 59.8 Å². The number of para-hydroxylation sites is 1. The van der Waals surface area contributed by atoms with Crippen molar-refractivity contribution in [3.63, 3.8) is 0 Å². The number of carbonyl (C=O) groups excluding carboxylic acids is 1. The van der Waals surface area contributed by atoms with Gasteiger partial charge in [0.05, 0.1) is 5.56 Å². The number of hydrazine groups is 1. The fourth-order valence-electron chi connectivity index (χ4n) is 2.72. The lowest BCUT2D eigenvalue weighted by Gasteiger charge is -2.11. The normalized spacial score (nSPS) is 12.0. The van der Waals surface area contributed by atoms with Crippen LogP contribution in [0.15, 0.2) is 48.7 Å². The number of rotatable bonds is 3. The molecule has 0 radical (unpaired) electrons. The SMILES string of the molecule is O=C(NNC(=S)NCc1ccc2c(c1)OCO2)c1c[nH]c2ccccc12. The lowest BCUT2D eigenvalue weighted by molar-refractivity contribution is 0.0945. The van der Waals surface area contributed by atoms with Crippen LogP contribution in [0.5, 0.6) is 11.5 Å². The van der Waals surface area contributed by atoms with E-state index in [9.17, 15) is 4.79 Å². The zero-order valence-electron chi connectivity index (χ0n) is 13.7. The molecule has 4 N–H and O–H groups in total. The van der Waals surface area contributed by atoms with Crippen molar-refractivity contribution >= 4 is 34.1 Å². The second-order valence-corrected chi connectivity index (χ2v) is 6.11. The fraction of sp³-hybridized carbons (Fsp3) is 0.111. The molecule has 0 bridgehead atoms. The molecule has 1 aliphatic heterocycles. The lowest BCUT2D eigenvalue weighted by atomic mass is 10.2. The van der Waals surface area contributed by atoms with Crippen molar-refractivity contribution in [1.29, 1.82) is 0 Å². The average molecular weight is 368 g/mol. The third kappa shape index (κ3) is 3.27. The second-order valence-electron chi connectivity index (χ2n) is 5.70. The van der Waals surface area contributed by atoms with E-state index in [0.717, 1.165) is 28.0 Å². The Balaban J connectivity index is 1.30. The zero-order valence-corrected chi connectivity index (χ0v) is 14.5. The molecule has 132 valence electrons. The summed E-state index contributed by atoms with van der Waals surface area (Å²) >= 11 is 5.20. The fourth-order valence-corrected chi connectivity index (χ4v) is 2.84. The number of benzene rings is 2. The van der Waals surface area contributed by atoms with Gasteiger partial charge in [0.25, 0.3) is 5.91 Å². The highest BCUT2D eigenvalue weighted by Crippen LogP contribution is 2.32. The summed E-state index contributed by atoms with van der Waals surface area (Å²) < 4.78 is 10.6. The zero-order chi connectivity index (χ0) is 17.9. The molecule has 0 atom stereocenters. The highest BCUT2D eigenvalue weighted by atomic mass is 32.1. The Kier molecular flexibility index (Phi) is 4.32. The molecule has 2 heterocycles. The molecular weight excluding hydrogens is 352 g/mol. The molecule has 0 saturated heterocycles. The third-order valence-corrected chi connectivity index (χ3v) is 4.26. The molecule has 26 heavy (non-hydrogen) atoms. The topological polar surface area (TPSA) is 87.4 Å². The molecule has 0 spiro atoms. The second kappa shape index (κ2) is 6.93. The monoisotopic (exact) mass is 368 g/mol. The highest BCUT2D eigenvalue weighted by molar-refractivity contribution is 7.80. The first-order valence-electron chi connectivity index (χ1n) is 7.99. The number of aromatic amines is 1. The molecule has 4 rings (SSSR count). The van der Waals surface area contributed by atoms with Crippen LogP contribution < -0.4 is 25.6 Å². The van der Waals surface area contributed by atoms with Gasteiger partial charge in [-0.2, -0.15) is 0 Å². The van der Waals surface area contributed by atoms with E-state index < -0.39 is 0 Å². The Bertz CT molecular complexity index is 985. The van der Waals surface area contributed by atoms with Gasteiger partial charge in [0.2, 0.25) is 6.79 Å².